The molecule has 0 unspecified atom stereocenters. The molecule has 0 saturated heterocycles. The van der Waals surface area contributed by atoms with Crippen molar-refractivity contribution in [1.82, 2.24) is 0 Å². The van der Waals surface area contributed by atoms with Crippen LogP contribution in [0.1, 0.15) is 10.4 Å². The molecule has 0 aliphatic heterocycles. The molecule has 0 spiro atoms. The monoisotopic (exact) mass is 258 g/mol. The van der Waals surface area contributed by atoms with Crippen LogP contribution in [0.5, 0.6) is 0 Å². The molecule has 0 fully saturated rings. The Labute approximate surface area is 106 Å². The number of hydrogen-bond donors (Lipinski definition) is 2. The van der Waals surface area contributed by atoms with Gasteiger partial charge in [0.1, 0.15) is 17.8 Å². The smallest absolute Gasteiger partial charge is 0.295 e. The van der Waals surface area contributed by atoms with Crippen molar-refractivity contribution in [2.75, 3.05) is 5.43 Å². The van der Waals surface area contributed by atoms with E-state index in [1.54, 1.807) is 0 Å². The molecule has 0 aromatic heterocycles. The van der Waals surface area contributed by atoms with E-state index in [0.717, 1.165) is 6.07 Å². The van der Waals surface area contributed by atoms with Crippen LogP contribution in [0.3, 0.4) is 0 Å². The molecule has 19 heavy (non-hydrogen) atoms. The predicted molar refractivity (Wildman–Crippen MR) is 63.9 cm³/mol. The SMILES string of the molecule is N#CC(C#N)=NNc1c(C(N)=O)cccc1[N+](=O)[O-]. The Morgan fingerprint density at radius 2 is 2.05 bits per heavy atom. The van der Waals surface area contributed by atoms with Crippen molar-refractivity contribution in [2.24, 2.45) is 10.8 Å². The quantitative estimate of drug-likeness (QED) is 0.454. The lowest BCUT2D eigenvalue weighted by Gasteiger charge is -2.05. The van der Waals surface area contributed by atoms with Crippen molar-refractivity contribution in [3.8, 4) is 12.1 Å². The minimum Gasteiger partial charge on any atom is -0.366 e. The predicted octanol–water partition coefficient (Wildman–Crippen LogP) is 0.509. The lowest BCUT2D eigenvalue weighted by molar-refractivity contribution is -0.384. The summed E-state index contributed by atoms with van der Waals surface area (Å²) in [5, 5.41) is 31.1. The maximum atomic E-state index is 11.2. The lowest BCUT2D eigenvalue weighted by atomic mass is 10.1. The number of nitrogens with one attached hydrogen (secondary N) is 1. The molecule has 0 heterocycles. The van der Waals surface area contributed by atoms with Gasteiger partial charge in [-0.3, -0.25) is 20.3 Å². The summed E-state index contributed by atoms with van der Waals surface area (Å²) in [6, 6.07) is 6.58. The number of nitro benzene ring substituents is 1. The highest BCUT2D eigenvalue weighted by Crippen LogP contribution is 2.27. The van der Waals surface area contributed by atoms with Crippen LogP contribution in [-0.2, 0) is 0 Å². The number of carbonyl (C=O) groups is 1. The fourth-order valence-corrected chi connectivity index (χ4v) is 1.20. The van der Waals surface area contributed by atoms with Gasteiger partial charge in [0.15, 0.2) is 0 Å². The summed E-state index contributed by atoms with van der Waals surface area (Å²) in [4.78, 5) is 21.2. The normalized spacial score (nSPS) is 8.74. The molecule has 3 N–H and O–H groups in total. The molecule has 94 valence electrons. The standard InChI is InChI=1S/C10H6N6O3/c11-4-6(5-12)14-15-9-7(10(13)17)2-1-3-8(9)16(18)19/h1-3,15H,(H2,13,17). The molecule has 1 aromatic rings. The first-order chi connectivity index (χ1) is 9.01. The average molecular weight is 258 g/mol. The summed E-state index contributed by atoms with van der Waals surface area (Å²) >= 11 is 0. The molecule has 0 bridgehead atoms. The Bertz CT molecular complexity index is 604. The first-order valence-corrected chi connectivity index (χ1v) is 4.72. The first-order valence-electron chi connectivity index (χ1n) is 4.72. The van der Waals surface area contributed by atoms with E-state index < -0.39 is 22.2 Å². The first kappa shape index (κ1) is 13.6. The third-order valence-electron chi connectivity index (χ3n) is 2.00. The minimum atomic E-state index is -0.906. The zero-order valence-corrected chi connectivity index (χ0v) is 9.32. The number of amides is 1. The fraction of sp³-hybridized carbons (Fsp3) is 0. The zero-order valence-electron chi connectivity index (χ0n) is 9.32. The van der Waals surface area contributed by atoms with E-state index >= 15 is 0 Å². The Hall–Kier alpha value is -3.46. The van der Waals surface area contributed by atoms with Gasteiger partial charge < -0.3 is 5.73 Å². The molecule has 1 aromatic carbocycles. The number of nitrogens with zero attached hydrogens (tertiary/aromatic N) is 4. The van der Waals surface area contributed by atoms with E-state index in [9.17, 15) is 14.9 Å². The second kappa shape index (κ2) is 5.75. The number of hydrogen-bond acceptors (Lipinski definition) is 7. The van der Waals surface area contributed by atoms with Crippen LogP contribution in [0.15, 0.2) is 23.3 Å². The molecule has 0 aliphatic rings. The Morgan fingerprint density at radius 3 is 2.53 bits per heavy atom. The van der Waals surface area contributed by atoms with Crippen LogP contribution in [0, 0.1) is 32.8 Å². The summed E-state index contributed by atoms with van der Waals surface area (Å²) < 4.78 is 0. The fourth-order valence-electron chi connectivity index (χ4n) is 1.20. The highest BCUT2D eigenvalue weighted by Gasteiger charge is 2.20. The molecule has 0 radical (unpaired) electrons. The van der Waals surface area contributed by atoms with Crippen molar-refractivity contribution in [3.63, 3.8) is 0 Å². The Balaban J connectivity index is 3.36. The summed E-state index contributed by atoms with van der Waals surface area (Å²) in [6.45, 7) is 0. The van der Waals surface area contributed by atoms with Crippen molar-refractivity contribution in [2.45, 2.75) is 0 Å². The van der Waals surface area contributed by atoms with Gasteiger partial charge in [0.2, 0.25) is 5.71 Å². The van der Waals surface area contributed by atoms with Crippen molar-refractivity contribution >= 4 is 23.0 Å². The molecule has 1 rings (SSSR count). The number of para-hydroxylation sites is 1. The number of nitriles is 2. The van der Waals surface area contributed by atoms with Gasteiger partial charge in [0, 0.05) is 6.07 Å². The Morgan fingerprint density at radius 1 is 1.42 bits per heavy atom. The summed E-state index contributed by atoms with van der Waals surface area (Å²) in [7, 11) is 0. The van der Waals surface area contributed by atoms with Gasteiger partial charge in [0.25, 0.3) is 11.6 Å². The van der Waals surface area contributed by atoms with Crippen LogP contribution >= 0.6 is 0 Å². The van der Waals surface area contributed by atoms with Gasteiger partial charge in [-0.1, -0.05) is 6.07 Å². The molecule has 1 amide bonds. The molecule has 0 aliphatic carbocycles. The molecular formula is C10H6N6O3. The second-order valence-electron chi connectivity index (χ2n) is 3.12. The van der Waals surface area contributed by atoms with Crippen LogP contribution in [0.4, 0.5) is 11.4 Å². The topological polar surface area (TPSA) is 158 Å². The summed E-state index contributed by atoms with van der Waals surface area (Å²) in [5.41, 5.74) is 5.78. The third-order valence-corrected chi connectivity index (χ3v) is 2.00. The third kappa shape index (κ3) is 3.01. The van der Waals surface area contributed by atoms with Gasteiger partial charge >= 0.3 is 0 Å². The van der Waals surface area contributed by atoms with E-state index in [-0.39, 0.29) is 11.3 Å². The van der Waals surface area contributed by atoms with Crippen LogP contribution in [0.25, 0.3) is 0 Å². The minimum absolute atomic E-state index is 0.173. The van der Waals surface area contributed by atoms with E-state index in [2.05, 4.69) is 10.5 Å². The maximum Gasteiger partial charge on any atom is 0.295 e. The van der Waals surface area contributed by atoms with Crippen LogP contribution in [-0.4, -0.2) is 16.5 Å². The number of rotatable bonds is 4. The number of hydrazone groups is 1. The average Bonchev–Trinajstić information content (AvgIpc) is 2.39. The van der Waals surface area contributed by atoms with Crippen LogP contribution in [0.2, 0.25) is 0 Å². The van der Waals surface area contributed by atoms with Gasteiger partial charge in [-0.25, -0.2) is 0 Å². The van der Waals surface area contributed by atoms with E-state index in [4.69, 9.17) is 16.3 Å². The largest absolute Gasteiger partial charge is 0.366 e. The highest BCUT2D eigenvalue weighted by atomic mass is 16.6. The zero-order chi connectivity index (χ0) is 14.4. The van der Waals surface area contributed by atoms with E-state index in [1.807, 2.05) is 0 Å². The lowest BCUT2D eigenvalue weighted by Crippen LogP contribution is -2.14. The van der Waals surface area contributed by atoms with Crippen molar-refractivity contribution in [1.29, 1.82) is 10.5 Å². The van der Waals surface area contributed by atoms with Gasteiger partial charge in [-0.05, 0) is 6.07 Å². The molecular weight excluding hydrogens is 252 g/mol. The van der Waals surface area contributed by atoms with Gasteiger partial charge in [-0.15, -0.1) is 0 Å². The number of carbonyl (C=O) groups excluding carboxylic acids is 1. The Kier molecular flexibility index (Phi) is 4.11. The van der Waals surface area contributed by atoms with E-state index in [0.29, 0.717) is 0 Å². The van der Waals surface area contributed by atoms with Gasteiger partial charge in [0.05, 0.1) is 10.5 Å². The molecule has 9 heteroatoms. The number of primary amides is 1. The van der Waals surface area contributed by atoms with Crippen molar-refractivity contribution < 1.29 is 9.72 Å². The number of nitro groups is 1. The second-order valence-corrected chi connectivity index (χ2v) is 3.12. The highest BCUT2D eigenvalue weighted by molar-refractivity contribution is 6.10. The number of anilines is 1. The van der Waals surface area contributed by atoms with Gasteiger partial charge in [-0.2, -0.15) is 15.6 Å². The molecule has 9 nitrogen and oxygen atoms in total. The van der Waals surface area contributed by atoms with Crippen molar-refractivity contribution in [3.05, 3.63) is 33.9 Å². The molecule has 0 saturated carbocycles. The maximum absolute atomic E-state index is 11.2. The number of benzene rings is 1. The van der Waals surface area contributed by atoms with Crippen LogP contribution < -0.4 is 11.2 Å². The summed E-state index contributed by atoms with van der Waals surface area (Å²) in [5.74, 6) is -0.906. The number of nitrogens with two attached hydrogens (primary N) is 1. The summed E-state index contributed by atoms with van der Waals surface area (Å²) in [6.07, 6.45) is 0. The van der Waals surface area contributed by atoms with E-state index in [1.165, 1.54) is 24.3 Å². The molecule has 0 atom stereocenters.